The number of nitrogens with zero attached hydrogens (tertiary/aromatic N) is 3. The number of ketones is 1. The molecule has 5 rings (SSSR count). The van der Waals surface area contributed by atoms with Gasteiger partial charge in [0.2, 0.25) is 5.91 Å². The first kappa shape index (κ1) is 14.2. The maximum Gasteiger partial charge on any atom is 0.226 e. The minimum absolute atomic E-state index is 0.0391. The summed E-state index contributed by atoms with van der Waals surface area (Å²) < 4.78 is 7.50. The Morgan fingerprint density at radius 3 is 2.88 bits per heavy atom. The number of Topliss-reactive ketones (excluding diaryl/α,β-unsaturated/α-hetero) is 1. The zero-order valence-electron chi connectivity index (χ0n) is 13.4. The average Bonchev–Trinajstić information content (AvgIpc) is 3.33. The molecule has 1 aromatic heterocycles. The van der Waals surface area contributed by atoms with E-state index in [-0.39, 0.29) is 23.5 Å². The van der Waals surface area contributed by atoms with E-state index >= 15 is 0 Å². The first-order valence-electron chi connectivity index (χ1n) is 8.63. The topological polar surface area (TPSA) is 64.4 Å². The highest BCUT2D eigenvalue weighted by Crippen LogP contribution is 2.49. The van der Waals surface area contributed by atoms with Crippen LogP contribution in [0, 0.1) is 5.92 Å². The van der Waals surface area contributed by atoms with Crippen molar-refractivity contribution < 1.29 is 14.3 Å². The van der Waals surface area contributed by atoms with E-state index in [9.17, 15) is 9.59 Å². The van der Waals surface area contributed by atoms with Gasteiger partial charge in [-0.1, -0.05) is 6.07 Å². The lowest BCUT2D eigenvalue weighted by atomic mass is 10.0. The van der Waals surface area contributed by atoms with Gasteiger partial charge < -0.3 is 14.2 Å². The normalized spacial score (nSPS) is 26.0. The van der Waals surface area contributed by atoms with Gasteiger partial charge in [0.05, 0.1) is 24.2 Å². The predicted molar refractivity (Wildman–Crippen MR) is 86.9 cm³/mol. The van der Waals surface area contributed by atoms with Crippen LogP contribution in [0.3, 0.4) is 0 Å². The third-order valence-corrected chi connectivity index (χ3v) is 5.42. The summed E-state index contributed by atoms with van der Waals surface area (Å²) in [5, 5.41) is 0. The summed E-state index contributed by atoms with van der Waals surface area (Å²) in [6.45, 7) is 3.32. The van der Waals surface area contributed by atoms with E-state index in [1.807, 2.05) is 23.1 Å². The molecular weight excluding hydrogens is 306 g/mol. The van der Waals surface area contributed by atoms with Gasteiger partial charge in [-0.3, -0.25) is 9.59 Å². The Morgan fingerprint density at radius 2 is 2.04 bits per heavy atom. The van der Waals surface area contributed by atoms with Crippen molar-refractivity contribution in [2.24, 2.45) is 5.92 Å². The van der Waals surface area contributed by atoms with Crippen LogP contribution in [0.25, 0.3) is 11.0 Å². The molecule has 0 spiro atoms. The van der Waals surface area contributed by atoms with Gasteiger partial charge >= 0.3 is 0 Å². The molecule has 1 saturated heterocycles. The van der Waals surface area contributed by atoms with Crippen molar-refractivity contribution in [1.82, 2.24) is 14.5 Å². The van der Waals surface area contributed by atoms with E-state index in [0.717, 1.165) is 28.8 Å². The number of benzene rings is 1. The number of para-hydroxylation sites is 1. The van der Waals surface area contributed by atoms with Crippen molar-refractivity contribution in [2.75, 3.05) is 26.3 Å². The average molecular weight is 325 g/mol. The summed E-state index contributed by atoms with van der Waals surface area (Å²) in [6, 6.07) is 5.74. The number of hydrogen-bond donors (Lipinski definition) is 0. The maximum atomic E-state index is 12.7. The van der Waals surface area contributed by atoms with Gasteiger partial charge in [-0.2, -0.15) is 0 Å². The number of aryl methyl sites for hydroxylation is 1. The van der Waals surface area contributed by atoms with Crippen LogP contribution in [-0.4, -0.2) is 52.4 Å². The number of aromatic nitrogens is 2. The zero-order chi connectivity index (χ0) is 16.3. The van der Waals surface area contributed by atoms with Crippen LogP contribution in [0.1, 0.15) is 34.9 Å². The third kappa shape index (κ3) is 2.02. The fraction of sp³-hybridized carbons (Fsp3) is 0.500. The highest BCUT2D eigenvalue weighted by Gasteiger charge is 2.49. The number of carbonyl (C=O) groups is 2. The highest BCUT2D eigenvalue weighted by molar-refractivity contribution is 6.07. The fourth-order valence-electron chi connectivity index (χ4n) is 4.06. The highest BCUT2D eigenvalue weighted by atomic mass is 16.5. The van der Waals surface area contributed by atoms with Crippen LogP contribution in [-0.2, 0) is 16.1 Å². The molecule has 0 N–H and O–H groups in total. The predicted octanol–water partition coefficient (Wildman–Crippen LogP) is 1.58. The number of imidazole rings is 1. The van der Waals surface area contributed by atoms with Crippen LogP contribution >= 0.6 is 0 Å². The third-order valence-electron chi connectivity index (χ3n) is 5.42. The molecule has 0 radical (unpaired) electrons. The Labute approximate surface area is 139 Å². The summed E-state index contributed by atoms with van der Waals surface area (Å²) >= 11 is 0. The second-order valence-corrected chi connectivity index (χ2v) is 6.85. The van der Waals surface area contributed by atoms with Gasteiger partial charge in [0.25, 0.3) is 0 Å². The van der Waals surface area contributed by atoms with E-state index in [0.29, 0.717) is 39.3 Å². The molecule has 2 unspecified atom stereocenters. The maximum absolute atomic E-state index is 12.7. The Kier molecular flexibility index (Phi) is 3.03. The fourth-order valence-corrected chi connectivity index (χ4v) is 4.06. The largest absolute Gasteiger partial charge is 0.378 e. The first-order valence-corrected chi connectivity index (χ1v) is 8.63. The molecule has 6 nitrogen and oxygen atoms in total. The number of rotatable bonds is 2. The van der Waals surface area contributed by atoms with E-state index in [1.54, 1.807) is 0 Å². The lowest BCUT2D eigenvalue weighted by Gasteiger charge is -2.27. The molecule has 3 heterocycles. The molecule has 2 fully saturated rings. The Balaban J connectivity index is 1.47. The van der Waals surface area contributed by atoms with Gasteiger partial charge in [-0.05, 0) is 18.6 Å². The zero-order valence-corrected chi connectivity index (χ0v) is 13.4. The van der Waals surface area contributed by atoms with Gasteiger partial charge in [0, 0.05) is 43.5 Å². The first-order chi connectivity index (χ1) is 11.7. The van der Waals surface area contributed by atoms with Crippen molar-refractivity contribution in [1.29, 1.82) is 0 Å². The summed E-state index contributed by atoms with van der Waals surface area (Å²) in [4.78, 5) is 31.5. The standard InChI is InChI=1S/C18H19N3O3/c22-15-4-5-21-16-11(15)2-1-3-14(16)19-17(21)12-10-13(12)18(23)20-6-8-24-9-7-20/h1-3,12-13H,4-10H2. The summed E-state index contributed by atoms with van der Waals surface area (Å²) in [7, 11) is 0. The van der Waals surface area contributed by atoms with Gasteiger partial charge in [-0.15, -0.1) is 0 Å². The summed E-state index contributed by atoms with van der Waals surface area (Å²) in [5.41, 5.74) is 2.60. The molecule has 124 valence electrons. The molecule has 2 aliphatic heterocycles. The van der Waals surface area contributed by atoms with Gasteiger partial charge in [0.1, 0.15) is 5.82 Å². The second-order valence-electron chi connectivity index (χ2n) is 6.85. The molecule has 1 aliphatic carbocycles. The van der Waals surface area contributed by atoms with Crippen LogP contribution < -0.4 is 0 Å². The quantitative estimate of drug-likeness (QED) is 0.841. The Morgan fingerprint density at radius 1 is 1.21 bits per heavy atom. The molecule has 6 heteroatoms. The van der Waals surface area contributed by atoms with Crippen molar-refractivity contribution in [2.45, 2.75) is 25.3 Å². The van der Waals surface area contributed by atoms with Crippen molar-refractivity contribution in [3.05, 3.63) is 29.6 Å². The molecule has 0 bridgehead atoms. The van der Waals surface area contributed by atoms with E-state index < -0.39 is 0 Å². The molecule has 3 aliphatic rings. The molecule has 2 aromatic rings. The smallest absolute Gasteiger partial charge is 0.226 e. The van der Waals surface area contributed by atoms with E-state index in [4.69, 9.17) is 9.72 Å². The van der Waals surface area contributed by atoms with Crippen LogP contribution in [0.15, 0.2) is 18.2 Å². The monoisotopic (exact) mass is 325 g/mol. The Hall–Kier alpha value is -2.21. The van der Waals surface area contributed by atoms with Gasteiger partial charge in [-0.25, -0.2) is 4.98 Å². The number of ether oxygens (including phenoxy) is 1. The molecule has 24 heavy (non-hydrogen) atoms. The lowest BCUT2D eigenvalue weighted by molar-refractivity contribution is -0.136. The number of amides is 1. The molecule has 1 aromatic carbocycles. The van der Waals surface area contributed by atoms with Crippen molar-refractivity contribution in [3.63, 3.8) is 0 Å². The lowest BCUT2D eigenvalue weighted by Crippen LogP contribution is -2.41. The number of morpholine rings is 1. The van der Waals surface area contributed by atoms with E-state index in [1.165, 1.54) is 0 Å². The van der Waals surface area contributed by atoms with Crippen LogP contribution in [0.2, 0.25) is 0 Å². The van der Waals surface area contributed by atoms with Crippen LogP contribution in [0.4, 0.5) is 0 Å². The summed E-state index contributed by atoms with van der Waals surface area (Å²) in [5.74, 6) is 1.63. The van der Waals surface area contributed by atoms with Crippen molar-refractivity contribution >= 4 is 22.7 Å². The minimum atomic E-state index is 0.0391. The van der Waals surface area contributed by atoms with Gasteiger partial charge in [0.15, 0.2) is 5.78 Å². The molecule has 1 saturated carbocycles. The van der Waals surface area contributed by atoms with E-state index in [2.05, 4.69) is 4.57 Å². The summed E-state index contributed by atoms with van der Waals surface area (Å²) in [6.07, 6.45) is 1.38. The van der Waals surface area contributed by atoms with Crippen LogP contribution in [0.5, 0.6) is 0 Å². The SMILES string of the molecule is O=C1CCn2c(C3CC3C(=O)N3CCOCC3)nc3cccc1c32. The minimum Gasteiger partial charge on any atom is -0.378 e. The number of carbonyl (C=O) groups excluding carboxylic acids is 2. The second kappa shape index (κ2) is 5.14. The molecular formula is C18H19N3O3. The number of hydrogen-bond acceptors (Lipinski definition) is 4. The van der Waals surface area contributed by atoms with Crippen molar-refractivity contribution in [3.8, 4) is 0 Å². The molecule has 1 amide bonds. The molecule has 2 atom stereocenters. The Bertz CT molecular complexity index is 851.